The second kappa shape index (κ2) is 8.42. The molecule has 0 atom stereocenters. The maximum Gasteiger partial charge on any atom is 1.00 e. The van der Waals surface area contributed by atoms with Gasteiger partial charge in [0.25, 0.3) is 0 Å². The predicted octanol–water partition coefficient (Wildman–Crippen LogP) is 0.367. The molecule has 0 bridgehead atoms. The number of aryl methyl sites for hydroxylation is 2. The van der Waals surface area contributed by atoms with Crippen molar-refractivity contribution >= 4 is 5.97 Å². The molecule has 0 amide bonds. The Balaban J connectivity index is 0.00000200. The van der Waals surface area contributed by atoms with Crippen molar-refractivity contribution in [3.8, 4) is 5.75 Å². The molecule has 0 saturated heterocycles. The van der Waals surface area contributed by atoms with Crippen LogP contribution in [0, 0.1) is 6.07 Å². The zero-order valence-corrected chi connectivity index (χ0v) is 11.6. The molecule has 0 aliphatic rings. The summed E-state index contributed by atoms with van der Waals surface area (Å²) in [6.07, 6.45) is 3.10. The quantitative estimate of drug-likeness (QED) is 0.255. The van der Waals surface area contributed by atoms with Gasteiger partial charge in [0.2, 0.25) is 0 Å². The summed E-state index contributed by atoms with van der Waals surface area (Å²) >= 11 is 0. The van der Waals surface area contributed by atoms with Gasteiger partial charge >= 0.3 is 24.8 Å². The van der Waals surface area contributed by atoms with Crippen LogP contribution in [-0.4, -0.2) is 5.97 Å². The summed E-state index contributed by atoms with van der Waals surface area (Å²) in [6, 6.07) is 18.5. The van der Waals surface area contributed by atoms with Gasteiger partial charge < -0.3 is 4.74 Å². The molecule has 2 rings (SSSR count). The van der Waals surface area contributed by atoms with E-state index in [4.69, 9.17) is 4.74 Å². The van der Waals surface area contributed by atoms with Crippen LogP contribution in [0.4, 0.5) is 0 Å². The summed E-state index contributed by atoms with van der Waals surface area (Å²) in [5.74, 6) is 0.108. The van der Waals surface area contributed by atoms with Crippen LogP contribution in [0.25, 0.3) is 0 Å². The summed E-state index contributed by atoms with van der Waals surface area (Å²) < 4.78 is 5.02. The fourth-order valence-electron chi connectivity index (χ4n) is 1.76. The molecule has 0 aliphatic carbocycles. The predicted molar refractivity (Wildman–Crippen MR) is 75.0 cm³/mol. The van der Waals surface area contributed by atoms with E-state index in [-0.39, 0.29) is 18.9 Å². The molecular weight excluding hydrogens is 243 g/mol. The SMILES string of the molecule is C=CC(=O)Oc1ccc(CCc2cc[c-]cc2)cc1.[Li+]. The zero-order chi connectivity index (χ0) is 13.5. The molecular formula is C17H15LiO2. The topological polar surface area (TPSA) is 26.3 Å². The number of benzene rings is 2. The number of carbonyl (C=O) groups is 1. The van der Waals surface area contributed by atoms with E-state index >= 15 is 0 Å². The van der Waals surface area contributed by atoms with Crippen LogP contribution in [0.2, 0.25) is 0 Å². The van der Waals surface area contributed by atoms with Crippen molar-refractivity contribution in [2.45, 2.75) is 12.8 Å². The first-order valence-electron chi connectivity index (χ1n) is 6.16. The summed E-state index contributed by atoms with van der Waals surface area (Å²) in [6.45, 7) is 3.36. The second-order valence-corrected chi connectivity index (χ2v) is 4.18. The number of esters is 1. The Morgan fingerprint density at radius 3 is 2.15 bits per heavy atom. The maximum absolute atomic E-state index is 11.0. The molecule has 0 spiro atoms. The van der Waals surface area contributed by atoms with Crippen LogP contribution in [-0.2, 0) is 17.6 Å². The van der Waals surface area contributed by atoms with Gasteiger partial charge in [0.15, 0.2) is 0 Å². The first-order valence-corrected chi connectivity index (χ1v) is 6.16. The normalized spacial score (nSPS) is 9.40. The Morgan fingerprint density at radius 2 is 1.60 bits per heavy atom. The number of hydrogen-bond donors (Lipinski definition) is 0. The molecule has 2 aromatic rings. The largest absolute Gasteiger partial charge is 1.00 e. The molecule has 2 nitrogen and oxygen atoms in total. The molecule has 0 N–H and O–H groups in total. The fraction of sp³-hybridized carbons (Fsp3) is 0.118. The monoisotopic (exact) mass is 258 g/mol. The Morgan fingerprint density at radius 1 is 1.05 bits per heavy atom. The minimum Gasteiger partial charge on any atom is -0.423 e. The summed E-state index contributed by atoms with van der Waals surface area (Å²) in [5, 5.41) is 0. The number of hydrogen-bond acceptors (Lipinski definition) is 2. The van der Waals surface area contributed by atoms with Gasteiger partial charge in [-0.2, -0.15) is 35.9 Å². The first kappa shape index (κ1) is 16.3. The molecule has 0 saturated carbocycles. The van der Waals surface area contributed by atoms with Crippen molar-refractivity contribution < 1.29 is 28.4 Å². The molecule has 0 aliphatic heterocycles. The second-order valence-electron chi connectivity index (χ2n) is 4.18. The van der Waals surface area contributed by atoms with E-state index in [1.165, 1.54) is 11.1 Å². The molecule has 0 unspecified atom stereocenters. The Labute approximate surface area is 131 Å². The summed E-state index contributed by atoms with van der Waals surface area (Å²) in [5.41, 5.74) is 2.51. The van der Waals surface area contributed by atoms with Gasteiger partial charge in [-0.15, -0.1) is 0 Å². The van der Waals surface area contributed by atoms with E-state index in [1.807, 2.05) is 24.3 Å². The van der Waals surface area contributed by atoms with E-state index in [0.29, 0.717) is 5.75 Å². The number of rotatable bonds is 5. The van der Waals surface area contributed by atoms with Gasteiger partial charge in [-0.3, -0.25) is 0 Å². The van der Waals surface area contributed by atoms with Gasteiger partial charge in [-0.1, -0.05) is 18.7 Å². The Hall–Kier alpha value is -1.75. The number of ether oxygens (including phenoxy) is 1. The van der Waals surface area contributed by atoms with Crippen LogP contribution in [0.3, 0.4) is 0 Å². The van der Waals surface area contributed by atoms with Gasteiger partial charge in [-0.25, -0.2) is 4.79 Å². The average molecular weight is 258 g/mol. The van der Waals surface area contributed by atoms with E-state index < -0.39 is 5.97 Å². The van der Waals surface area contributed by atoms with E-state index in [2.05, 4.69) is 24.8 Å². The maximum atomic E-state index is 11.0. The molecule has 2 aromatic carbocycles. The summed E-state index contributed by atoms with van der Waals surface area (Å²) in [4.78, 5) is 11.0. The van der Waals surface area contributed by atoms with Crippen molar-refractivity contribution in [3.05, 3.63) is 78.4 Å². The smallest absolute Gasteiger partial charge is 0.423 e. The van der Waals surface area contributed by atoms with Crippen LogP contribution in [0.15, 0.2) is 61.2 Å². The molecule has 0 radical (unpaired) electrons. The summed E-state index contributed by atoms with van der Waals surface area (Å²) in [7, 11) is 0. The van der Waals surface area contributed by atoms with E-state index in [9.17, 15) is 4.79 Å². The van der Waals surface area contributed by atoms with Crippen molar-refractivity contribution in [2.24, 2.45) is 0 Å². The average Bonchev–Trinajstić information content (AvgIpc) is 2.47. The third kappa shape index (κ3) is 5.09. The third-order valence-corrected chi connectivity index (χ3v) is 2.80. The van der Waals surface area contributed by atoms with Crippen molar-refractivity contribution in [1.29, 1.82) is 0 Å². The van der Waals surface area contributed by atoms with Crippen molar-refractivity contribution in [2.75, 3.05) is 0 Å². The van der Waals surface area contributed by atoms with Gasteiger partial charge in [0, 0.05) is 6.08 Å². The van der Waals surface area contributed by atoms with Crippen molar-refractivity contribution in [1.82, 2.24) is 0 Å². The minimum absolute atomic E-state index is 0. The third-order valence-electron chi connectivity index (χ3n) is 2.80. The standard InChI is InChI=1S/C17H15O2.Li/c1-2-17(18)19-16-12-10-15(11-13-16)9-8-14-6-4-3-5-7-14;/h2,4-7,10-13H,1,8-9H2;/q-1;+1. The Kier molecular flexibility index (Phi) is 6.87. The van der Waals surface area contributed by atoms with Crippen molar-refractivity contribution in [3.63, 3.8) is 0 Å². The van der Waals surface area contributed by atoms with Crippen LogP contribution in [0.5, 0.6) is 5.75 Å². The van der Waals surface area contributed by atoms with E-state index in [0.717, 1.165) is 18.9 Å². The molecule has 0 heterocycles. The molecule has 3 heteroatoms. The molecule has 20 heavy (non-hydrogen) atoms. The fourth-order valence-corrected chi connectivity index (χ4v) is 1.76. The molecule has 0 aromatic heterocycles. The van der Waals surface area contributed by atoms with Gasteiger partial charge in [-0.05, 0) is 30.5 Å². The van der Waals surface area contributed by atoms with Gasteiger partial charge in [0.1, 0.15) is 5.75 Å². The minimum atomic E-state index is -0.437. The Bertz CT molecular complexity index is 547. The first-order chi connectivity index (χ1) is 9.28. The van der Waals surface area contributed by atoms with Gasteiger partial charge in [0.05, 0.1) is 0 Å². The molecule has 0 fully saturated rings. The van der Waals surface area contributed by atoms with E-state index in [1.54, 1.807) is 12.1 Å². The van der Waals surface area contributed by atoms with Crippen LogP contribution < -0.4 is 23.6 Å². The van der Waals surface area contributed by atoms with Crippen LogP contribution in [0.1, 0.15) is 11.1 Å². The molecule has 96 valence electrons. The zero-order valence-electron chi connectivity index (χ0n) is 11.6. The number of carbonyl (C=O) groups excluding carboxylic acids is 1. The van der Waals surface area contributed by atoms with Crippen LogP contribution >= 0.6 is 0 Å².